The van der Waals surface area contributed by atoms with Gasteiger partial charge in [-0.15, -0.1) is 0 Å². The number of imide groups is 2. The molecule has 10 nitrogen and oxygen atoms in total. The summed E-state index contributed by atoms with van der Waals surface area (Å²) in [4.78, 5) is 69.1. The van der Waals surface area contributed by atoms with E-state index in [9.17, 15) is 24.0 Å². The van der Waals surface area contributed by atoms with Gasteiger partial charge >= 0.3 is 12.1 Å². The quantitative estimate of drug-likeness (QED) is 0.718. The van der Waals surface area contributed by atoms with Crippen molar-refractivity contribution < 1.29 is 24.0 Å². The number of allylic oxidation sites excluding steroid dienone is 3. The molecular weight excluding hydrogens is 390 g/mol. The van der Waals surface area contributed by atoms with E-state index in [0.717, 1.165) is 0 Å². The topological polar surface area (TPSA) is 119 Å². The summed E-state index contributed by atoms with van der Waals surface area (Å²) < 4.78 is 0. The number of likely N-dealkylation sites (tertiary alicyclic amines) is 1. The molecule has 1 N–H and O–H groups in total. The van der Waals surface area contributed by atoms with Crippen molar-refractivity contribution in [2.24, 2.45) is 10.9 Å². The first kappa shape index (κ1) is 20.0. The summed E-state index contributed by atoms with van der Waals surface area (Å²) in [6.07, 6.45) is 8.34. The fraction of sp³-hybridized carbons (Fsp3) is 0.500. The van der Waals surface area contributed by atoms with Gasteiger partial charge in [-0.25, -0.2) is 9.59 Å². The Morgan fingerprint density at radius 3 is 2.60 bits per heavy atom. The third kappa shape index (κ3) is 3.89. The Balaban J connectivity index is 1.29. The molecule has 158 valence electrons. The van der Waals surface area contributed by atoms with Crippen molar-refractivity contribution in [3.63, 3.8) is 0 Å². The van der Waals surface area contributed by atoms with Gasteiger partial charge in [-0.2, -0.15) is 4.99 Å². The van der Waals surface area contributed by atoms with Gasteiger partial charge in [0.25, 0.3) is 0 Å². The zero-order chi connectivity index (χ0) is 21.3. The Kier molecular flexibility index (Phi) is 5.47. The second kappa shape index (κ2) is 8.21. The van der Waals surface area contributed by atoms with Crippen LogP contribution in [-0.2, 0) is 14.4 Å². The highest BCUT2D eigenvalue weighted by Crippen LogP contribution is 2.26. The number of hydrogen-bond acceptors (Lipinski definition) is 5. The van der Waals surface area contributed by atoms with Crippen LogP contribution in [0.5, 0.6) is 0 Å². The van der Waals surface area contributed by atoms with E-state index >= 15 is 0 Å². The minimum atomic E-state index is -0.540. The second-order valence-corrected chi connectivity index (χ2v) is 7.70. The van der Waals surface area contributed by atoms with Gasteiger partial charge in [0.15, 0.2) is 0 Å². The molecule has 0 saturated carbocycles. The van der Waals surface area contributed by atoms with Crippen LogP contribution in [0.15, 0.2) is 29.3 Å². The number of piperidine rings is 1. The van der Waals surface area contributed by atoms with Crippen LogP contribution < -0.4 is 5.32 Å². The molecule has 3 heterocycles. The van der Waals surface area contributed by atoms with Gasteiger partial charge in [-0.1, -0.05) is 18.2 Å². The first-order valence-electron chi connectivity index (χ1n) is 10.1. The van der Waals surface area contributed by atoms with Gasteiger partial charge in [0.2, 0.25) is 17.7 Å². The lowest BCUT2D eigenvalue weighted by Crippen LogP contribution is -2.55. The molecule has 4 rings (SSSR count). The number of fused-ring (bicyclic) bond motifs is 1. The molecule has 4 aliphatic rings. The molecule has 2 fully saturated rings. The summed E-state index contributed by atoms with van der Waals surface area (Å²) in [6.45, 7) is 1.43. The average Bonchev–Trinajstić information content (AvgIpc) is 2.73. The molecule has 0 spiro atoms. The van der Waals surface area contributed by atoms with E-state index in [-0.39, 0.29) is 43.1 Å². The highest BCUT2D eigenvalue weighted by atomic mass is 16.2. The van der Waals surface area contributed by atoms with Gasteiger partial charge < -0.3 is 9.80 Å². The highest BCUT2D eigenvalue weighted by molar-refractivity contribution is 6.21. The van der Waals surface area contributed by atoms with Gasteiger partial charge in [-0.05, 0) is 18.9 Å². The number of nitrogens with zero attached hydrogens (tertiary/aromatic N) is 4. The predicted molar refractivity (Wildman–Crippen MR) is 105 cm³/mol. The zero-order valence-corrected chi connectivity index (χ0v) is 16.5. The van der Waals surface area contributed by atoms with Crippen LogP contribution in [0.3, 0.4) is 0 Å². The molecular formula is C20H23N5O5. The largest absolute Gasteiger partial charge is 0.350 e. The second-order valence-electron chi connectivity index (χ2n) is 7.70. The maximum Gasteiger partial charge on any atom is 0.350 e. The van der Waals surface area contributed by atoms with Crippen LogP contribution in [0.4, 0.5) is 9.59 Å². The third-order valence-corrected chi connectivity index (χ3v) is 5.85. The number of nitrogens with one attached hydrogen (secondary N) is 1. The molecule has 3 aliphatic heterocycles. The van der Waals surface area contributed by atoms with E-state index in [1.807, 2.05) is 0 Å². The van der Waals surface area contributed by atoms with Crippen LogP contribution in [-0.4, -0.2) is 82.4 Å². The van der Waals surface area contributed by atoms with E-state index in [1.54, 1.807) is 29.2 Å². The van der Waals surface area contributed by atoms with Crippen molar-refractivity contribution in [2.45, 2.75) is 31.7 Å². The average molecular weight is 413 g/mol. The summed E-state index contributed by atoms with van der Waals surface area (Å²) in [5.74, 6) is -1.17. The summed E-state index contributed by atoms with van der Waals surface area (Å²) in [5.41, 5.74) is 0.472. The van der Waals surface area contributed by atoms with E-state index in [4.69, 9.17) is 0 Å². The summed E-state index contributed by atoms with van der Waals surface area (Å²) in [7, 11) is 0. The van der Waals surface area contributed by atoms with Crippen molar-refractivity contribution in [1.82, 2.24) is 20.0 Å². The van der Waals surface area contributed by atoms with Crippen molar-refractivity contribution >= 4 is 35.5 Å². The normalized spacial score (nSPS) is 24.7. The Bertz CT molecular complexity index is 884. The lowest BCUT2D eigenvalue weighted by atomic mass is 9.93. The van der Waals surface area contributed by atoms with Gasteiger partial charge in [-0.3, -0.25) is 24.6 Å². The Hall–Kier alpha value is -3.30. The Morgan fingerprint density at radius 2 is 1.87 bits per heavy atom. The fourth-order valence-electron chi connectivity index (χ4n) is 4.17. The first-order valence-corrected chi connectivity index (χ1v) is 10.1. The third-order valence-electron chi connectivity index (χ3n) is 5.85. The molecule has 0 aromatic rings. The maximum absolute atomic E-state index is 12.8. The van der Waals surface area contributed by atoms with Crippen LogP contribution in [0.25, 0.3) is 0 Å². The molecule has 10 heteroatoms. The maximum atomic E-state index is 12.8. The van der Waals surface area contributed by atoms with Gasteiger partial charge in [0.1, 0.15) is 0 Å². The van der Waals surface area contributed by atoms with Crippen molar-refractivity contribution in [3.05, 3.63) is 24.3 Å². The van der Waals surface area contributed by atoms with Crippen molar-refractivity contribution in [1.29, 1.82) is 0 Å². The lowest BCUT2D eigenvalue weighted by Gasteiger charge is -2.39. The fourth-order valence-corrected chi connectivity index (χ4v) is 4.17. The first-order chi connectivity index (χ1) is 14.4. The monoisotopic (exact) mass is 413 g/mol. The van der Waals surface area contributed by atoms with Gasteiger partial charge in [0, 0.05) is 45.1 Å². The number of rotatable bonds is 4. The van der Waals surface area contributed by atoms with Crippen LogP contribution in [0.2, 0.25) is 0 Å². The summed E-state index contributed by atoms with van der Waals surface area (Å²) in [5, 5.41) is 2.24. The van der Waals surface area contributed by atoms with E-state index in [1.165, 1.54) is 9.80 Å². The highest BCUT2D eigenvalue weighted by Gasteiger charge is 2.41. The van der Waals surface area contributed by atoms with Crippen LogP contribution >= 0.6 is 0 Å². The Labute approximate surface area is 173 Å². The van der Waals surface area contributed by atoms with E-state index in [0.29, 0.717) is 38.2 Å². The van der Waals surface area contributed by atoms with Crippen molar-refractivity contribution in [3.8, 4) is 0 Å². The number of aliphatic imine (C=N–C) groups is 1. The molecule has 30 heavy (non-hydrogen) atoms. The number of urea groups is 2. The molecule has 1 aliphatic carbocycles. The summed E-state index contributed by atoms with van der Waals surface area (Å²) >= 11 is 0. The number of carbonyl (C=O) groups is 5. The molecule has 0 bridgehead atoms. The Morgan fingerprint density at radius 1 is 1.10 bits per heavy atom. The SMILES string of the molecule is O=C1CCN(CCC(=O)N2CCC(N3C(=O)N=C4C=CC=CC4C3=O)CC2)C(=O)N1. The smallest absolute Gasteiger partial charge is 0.342 e. The minimum absolute atomic E-state index is 0.0879. The molecule has 0 radical (unpaired) electrons. The number of amides is 7. The molecule has 2 saturated heterocycles. The molecule has 1 atom stereocenters. The molecule has 0 aromatic carbocycles. The molecule has 1 unspecified atom stereocenters. The molecule has 7 amide bonds. The lowest BCUT2D eigenvalue weighted by molar-refractivity contribution is -0.135. The summed E-state index contributed by atoms with van der Waals surface area (Å²) in [6, 6.07) is -1.29. The van der Waals surface area contributed by atoms with Crippen LogP contribution in [0, 0.1) is 5.92 Å². The molecule has 0 aromatic heterocycles. The minimum Gasteiger partial charge on any atom is -0.342 e. The van der Waals surface area contributed by atoms with Gasteiger partial charge in [0.05, 0.1) is 11.6 Å². The van der Waals surface area contributed by atoms with E-state index < -0.39 is 18.0 Å². The van der Waals surface area contributed by atoms with Crippen molar-refractivity contribution in [2.75, 3.05) is 26.2 Å². The van der Waals surface area contributed by atoms with E-state index in [2.05, 4.69) is 10.3 Å². The zero-order valence-electron chi connectivity index (χ0n) is 16.5. The number of hydrogen-bond donors (Lipinski definition) is 1. The predicted octanol–water partition coefficient (Wildman–Crippen LogP) is 0.455. The number of carbonyl (C=O) groups excluding carboxylic acids is 5. The standard InChI is InChI=1S/C20H23N5O5/c26-16-7-11-24(19(29)22-16)12-8-17(27)23-9-5-13(6-10-23)25-18(28)14-3-1-2-4-15(14)21-20(25)30/h1-4,13-14H,5-12H2,(H,22,26,29). The van der Waals surface area contributed by atoms with Crippen LogP contribution in [0.1, 0.15) is 25.7 Å².